The molecule has 2 atom stereocenters. The van der Waals surface area contributed by atoms with Crippen molar-refractivity contribution in [1.82, 2.24) is 5.32 Å². The lowest BCUT2D eigenvalue weighted by Crippen LogP contribution is -2.28. The van der Waals surface area contributed by atoms with Gasteiger partial charge < -0.3 is 10.4 Å². The van der Waals surface area contributed by atoms with Crippen molar-refractivity contribution in [2.24, 2.45) is 5.92 Å². The van der Waals surface area contributed by atoms with E-state index >= 15 is 0 Å². The highest BCUT2D eigenvalue weighted by atomic mass is 35.5. The lowest BCUT2D eigenvalue weighted by atomic mass is 10.1. The minimum Gasteiger partial charge on any atom is -0.481 e. The molecule has 2 N–H and O–H groups in total. The van der Waals surface area contributed by atoms with Crippen molar-refractivity contribution >= 4 is 28.9 Å². The van der Waals surface area contributed by atoms with E-state index in [2.05, 4.69) is 5.32 Å². The van der Waals surface area contributed by atoms with Gasteiger partial charge in [0.25, 0.3) is 0 Å². The van der Waals surface area contributed by atoms with E-state index in [9.17, 15) is 4.79 Å². The van der Waals surface area contributed by atoms with Crippen LogP contribution in [-0.4, -0.2) is 17.6 Å². The van der Waals surface area contributed by atoms with E-state index in [1.165, 1.54) is 11.3 Å². The van der Waals surface area contributed by atoms with Crippen LogP contribution in [0.5, 0.6) is 0 Å². The summed E-state index contributed by atoms with van der Waals surface area (Å²) in [6, 6.07) is 3.94. The van der Waals surface area contributed by atoms with E-state index in [4.69, 9.17) is 16.7 Å². The van der Waals surface area contributed by atoms with Crippen LogP contribution in [-0.2, 0) is 4.79 Å². The molecular formula is C10H14ClNO2S. The lowest BCUT2D eigenvalue weighted by Gasteiger charge is -2.13. The zero-order chi connectivity index (χ0) is 11.4. The summed E-state index contributed by atoms with van der Waals surface area (Å²) in [4.78, 5) is 11.7. The molecule has 0 aromatic carbocycles. The van der Waals surface area contributed by atoms with Crippen LogP contribution in [0.3, 0.4) is 0 Å². The van der Waals surface area contributed by atoms with Crippen LogP contribution in [0.15, 0.2) is 12.1 Å². The van der Waals surface area contributed by atoms with Crippen molar-refractivity contribution in [1.29, 1.82) is 0 Å². The largest absolute Gasteiger partial charge is 0.481 e. The van der Waals surface area contributed by atoms with Crippen molar-refractivity contribution in [3.05, 3.63) is 21.3 Å². The van der Waals surface area contributed by atoms with Crippen LogP contribution in [0.2, 0.25) is 4.34 Å². The maximum Gasteiger partial charge on any atom is 0.307 e. The molecule has 0 bridgehead atoms. The normalized spacial score (nSPS) is 14.9. The van der Waals surface area contributed by atoms with Gasteiger partial charge in [0.05, 0.1) is 10.3 Å². The van der Waals surface area contributed by atoms with Gasteiger partial charge in [0, 0.05) is 17.5 Å². The molecule has 1 rings (SSSR count). The first kappa shape index (κ1) is 12.5. The quantitative estimate of drug-likeness (QED) is 0.841. The summed E-state index contributed by atoms with van der Waals surface area (Å²) in [6.07, 6.45) is 0. The molecular weight excluding hydrogens is 234 g/mol. The third-order valence-electron chi connectivity index (χ3n) is 2.17. The van der Waals surface area contributed by atoms with Gasteiger partial charge in [-0.05, 0) is 19.1 Å². The minimum atomic E-state index is -0.779. The number of carboxylic acid groups (broad SMARTS) is 1. The molecule has 3 nitrogen and oxygen atoms in total. The maximum atomic E-state index is 10.6. The fraction of sp³-hybridized carbons (Fsp3) is 0.500. The SMILES string of the molecule is CC(CNC(C)c1ccc(Cl)s1)C(=O)O. The van der Waals surface area contributed by atoms with Crippen LogP contribution >= 0.6 is 22.9 Å². The first-order valence-corrected chi connectivity index (χ1v) is 5.91. The second-order valence-corrected chi connectivity index (χ2v) is 5.26. The number of halogens is 1. The van der Waals surface area contributed by atoms with Gasteiger partial charge in [0.2, 0.25) is 0 Å². The molecule has 0 aliphatic heterocycles. The van der Waals surface area contributed by atoms with E-state index in [0.29, 0.717) is 6.54 Å². The fourth-order valence-electron chi connectivity index (χ4n) is 1.10. The molecule has 0 aliphatic carbocycles. The van der Waals surface area contributed by atoms with Crippen molar-refractivity contribution in [2.45, 2.75) is 19.9 Å². The molecule has 0 fully saturated rings. The van der Waals surface area contributed by atoms with Gasteiger partial charge in [-0.3, -0.25) is 4.79 Å². The Morgan fingerprint density at radius 1 is 1.60 bits per heavy atom. The molecule has 0 spiro atoms. The third-order valence-corrected chi connectivity index (χ3v) is 3.59. The Labute approximate surface area is 98.1 Å². The Morgan fingerprint density at radius 2 is 2.27 bits per heavy atom. The van der Waals surface area contributed by atoms with Gasteiger partial charge in [0.1, 0.15) is 0 Å². The highest BCUT2D eigenvalue weighted by Crippen LogP contribution is 2.26. The van der Waals surface area contributed by atoms with Crippen LogP contribution < -0.4 is 5.32 Å². The van der Waals surface area contributed by atoms with Gasteiger partial charge in [-0.1, -0.05) is 18.5 Å². The molecule has 15 heavy (non-hydrogen) atoms. The summed E-state index contributed by atoms with van der Waals surface area (Å²) in [5.74, 6) is -1.15. The highest BCUT2D eigenvalue weighted by molar-refractivity contribution is 7.16. The molecule has 0 aliphatic rings. The average molecular weight is 248 g/mol. The standard InChI is InChI=1S/C10H14ClNO2S/c1-6(10(13)14)5-12-7(2)8-3-4-9(11)15-8/h3-4,6-7,12H,5H2,1-2H3,(H,13,14). The van der Waals surface area contributed by atoms with Crippen LogP contribution in [0.4, 0.5) is 0 Å². The number of nitrogens with one attached hydrogen (secondary N) is 1. The van der Waals surface area contributed by atoms with Crippen molar-refractivity contribution < 1.29 is 9.90 Å². The van der Waals surface area contributed by atoms with E-state index in [0.717, 1.165) is 9.21 Å². The summed E-state index contributed by atoms with van der Waals surface area (Å²) in [5, 5.41) is 11.9. The third kappa shape index (κ3) is 3.81. The summed E-state index contributed by atoms with van der Waals surface area (Å²) in [5.41, 5.74) is 0. The molecule has 0 saturated carbocycles. The predicted octanol–water partition coefficient (Wildman–Crippen LogP) is 2.77. The zero-order valence-corrected chi connectivity index (χ0v) is 10.2. The molecule has 1 aromatic heterocycles. The minimum absolute atomic E-state index is 0.143. The fourth-order valence-corrected chi connectivity index (χ4v) is 2.19. The summed E-state index contributed by atoms with van der Waals surface area (Å²) < 4.78 is 0.755. The Bertz CT molecular complexity index is 340. The first-order chi connectivity index (χ1) is 7.00. The van der Waals surface area contributed by atoms with Crippen molar-refractivity contribution in [3.8, 4) is 0 Å². The topological polar surface area (TPSA) is 49.3 Å². The monoisotopic (exact) mass is 247 g/mol. The van der Waals surface area contributed by atoms with Crippen molar-refractivity contribution in [3.63, 3.8) is 0 Å². The number of aliphatic carboxylic acids is 1. The van der Waals surface area contributed by atoms with Gasteiger partial charge in [-0.15, -0.1) is 11.3 Å². The second-order valence-electron chi connectivity index (χ2n) is 3.51. The zero-order valence-electron chi connectivity index (χ0n) is 8.66. The Kier molecular flexibility index (Phi) is 4.57. The number of hydrogen-bond donors (Lipinski definition) is 2. The van der Waals surface area contributed by atoms with Gasteiger partial charge >= 0.3 is 5.97 Å². The lowest BCUT2D eigenvalue weighted by molar-refractivity contribution is -0.140. The van der Waals surface area contributed by atoms with Gasteiger partial charge in [0.15, 0.2) is 0 Å². The first-order valence-electron chi connectivity index (χ1n) is 4.72. The second kappa shape index (κ2) is 5.49. The average Bonchev–Trinajstić information content (AvgIpc) is 2.60. The Balaban J connectivity index is 2.43. The number of hydrogen-bond acceptors (Lipinski definition) is 3. The van der Waals surface area contributed by atoms with E-state index in [1.807, 2.05) is 19.1 Å². The molecule has 1 aromatic rings. The summed E-state index contributed by atoms with van der Waals surface area (Å²) >= 11 is 7.33. The molecule has 0 saturated heterocycles. The van der Waals surface area contributed by atoms with E-state index in [1.54, 1.807) is 6.92 Å². The van der Waals surface area contributed by atoms with Gasteiger partial charge in [-0.2, -0.15) is 0 Å². The Morgan fingerprint density at radius 3 is 2.73 bits per heavy atom. The van der Waals surface area contributed by atoms with E-state index in [-0.39, 0.29) is 12.0 Å². The van der Waals surface area contributed by atoms with Crippen molar-refractivity contribution in [2.75, 3.05) is 6.54 Å². The Hall–Kier alpha value is -0.580. The molecule has 1 heterocycles. The summed E-state index contributed by atoms with van der Waals surface area (Å²) in [6.45, 7) is 4.15. The highest BCUT2D eigenvalue weighted by Gasteiger charge is 2.13. The number of thiophene rings is 1. The number of carboxylic acids is 1. The molecule has 2 unspecified atom stereocenters. The van der Waals surface area contributed by atoms with Crippen LogP contribution in [0, 0.1) is 5.92 Å². The predicted molar refractivity (Wildman–Crippen MR) is 62.5 cm³/mol. The number of rotatable bonds is 5. The molecule has 0 radical (unpaired) electrons. The van der Waals surface area contributed by atoms with Crippen LogP contribution in [0.1, 0.15) is 24.8 Å². The molecule has 84 valence electrons. The smallest absolute Gasteiger partial charge is 0.307 e. The molecule has 0 amide bonds. The summed E-state index contributed by atoms with van der Waals surface area (Å²) in [7, 11) is 0. The number of carbonyl (C=O) groups is 1. The molecule has 5 heteroatoms. The van der Waals surface area contributed by atoms with Crippen LogP contribution in [0.25, 0.3) is 0 Å². The van der Waals surface area contributed by atoms with Gasteiger partial charge in [-0.25, -0.2) is 0 Å². The maximum absolute atomic E-state index is 10.6. The van der Waals surface area contributed by atoms with E-state index < -0.39 is 5.97 Å².